The molecule has 1 saturated carbocycles. The van der Waals surface area contributed by atoms with Gasteiger partial charge < -0.3 is 15.8 Å². The van der Waals surface area contributed by atoms with E-state index in [4.69, 9.17) is 10.5 Å². The van der Waals surface area contributed by atoms with Crippen molar-refractivity contribution in [3.63, 3.8) is 0 Å². The average molecular weight is 341 g/mol. The molecule has 1 aromatic rings. The highest BCUT2D eigenvalue weighted by atomic mass is 79.9. The molecule has 0 aliphatic heterocycles. The summed E-state index contributed by atoms with van der Waals surface area (Å²) in [5.74, 6) is 1.02. The summed E-state index contributed by atoms with van der Waals surface area (Å²) in [4.78, 5) is 12.4. The van der Waals surface area contributed by atoms with E-state index in [1.54, 1.807) is 6.07 Å². The van der Waals surface area contributed by atoms with Gasteiger partial charge in [-0.25, -0.2) is 0 Å². The number of carbonyl (C=O) groups is 1. The minimum absolute atomic E-state index is 0.0181. The zero-order valence-electron chi connectivity index (χ0n) is 11.9. The van der Waals surface area contributed by atoms with Crippen LogP contribution in [-0.2, 0) is 0 Å². The molecular weight excluding hydrogens is 320 g/mol. The summed E-state index contributed by atoms with van der Waals surface area (Å²) in [6.07, 6.45) is 2.32. The molecule has 4 nitrogen and oxygen atoms in total. The lowest BCUT2D eigenvalue weighted by molar-refractivity contribution is 0.0927. The van der Waals surface area contributed by atoms with E-state index < -0.39 is 0 Å². The molecule has 0 spiro atoms. The third-order valence-electron chi connectivity index (χ3n) is 3.31. The lowest BCUT2D eigenvalue weighted by Gasteiger charge is -2.18. The van der Waals surface area contributed by atoms with Crippen molar-refractivity contribution in [2.75, 3.05) is 6.54 Å². The SMILES string of the molecule is CC(C)Oc1cc(Br)ccc1C(=O)NC(CN)C1CC1. The normalized spacial score (nSPS) is 16.1. The fourth-order valence-electron chi connectivity index (χ4n) is 2.15. The fourth-order valence-corrected chi connectivity index (χ4v) is 2.49. The number of halogens is 1. The van der Waals surface area contributed by atoms with Crippen molar-refractivity contribution in [2.24, 2.45) is 11.7 Å². The average Bonchev–Trinajstić information content (AvgIpc) is 3.19. The molecule has 3 N–H and O–H groups in total. The highest BCUT2D eigenvalue weighted by molar-refractivity contribution is 9.10. The van der Waals surface area contributed by atoms with Gasteiger partial charge in [-0.05, 0) is 50.8 Å². The molecule has 1 fully saturated rings. The van der Waals surface area contributed by atoms with E-state index in [2.05, 4.69) is 21.2 Å². The van der Waals surface area contributed by atoms with Crippen LogP contribution in [0.4, 0.5) is 0 Å². The van der Waals surface area contributed by atoms with Gasteiger partial charge in [0.25, 0.3) is 5.91 Å². The van der Waals surface area contributed by atoms with E-state index in [-0.39, 0.29) is 18.1 Å². The van der Waals surface area contributed by atoms with E-state index in [0.29, 0.717) is 23.8 Å². The number of hydrogen-bond acceptors (Lipinski definition) is 3. The van der Waals surface area contributed by atoms with Gasteiger partial charge in [-0.2, -0.15) is 0 Å². The van der Waals surface area contributed by atoms with Crippen LogP contribution in [0, 0.1) is 5.92 Å². The summed E-state index contributed by atoms with van der Waals surface area (Å²) in [6.45, 7) is 4.36. The monoisotopic (exact) mass is 340 g/mol. The number of benzene rings is 1. The Morgan fingerprint density at radius 3 is 2.75 bits per heavy atom. The summed E-state index contributed by atoms with van der Waals surface area (Å²) in [6, 6.07) is 5.51. The van der Waals surface area contributed by atoms with Gasteiger partial charge in [-0.3, -0.25) is 4.79 Å². The van der Waals surface area contributed by atoms with Gasteiger partial charge in [0.2, 0.25) is 0 Å². The molecule has 0 heterocycles. The Kier molecular flexibility index (Phi) is 5.05. The summed E-state index contributed by atoms with van der Waals surface area (Å²) in [5, 5.41) is 3.02. The second kappa shape index (κ2) is 6.59. The quantitative estimate of drug-likeness (QED) is 0.836. The second-order valence-electron chi connectivity index (χ2n) is 5.46. The second-order valence-corrected chi connectivity index (χ2v) is 6.38. The molecule has 1 unspecified atom stereocenters. The Morgan fingerprint density at radius 2 is 2.20 bits per heavy atom. The highest BCUT2D eigenvalue weighted by Crippen LogP contribution is 2.32. The van der Waals surface area contributed by atoms with Crippen molar-refractivity contribution >= 4 is 21.8 Å². The van der Waals surface area contributed by atoms with Gasteiger partial charge >= 0.3 is 0 Å². The number of carbonyl (C=O) groups excluding carboxylic acids is 1. The van der Waals surface area contributed by atoms with Gasteiger partial charge in [-0.1, -0.05) is 15.9 Å². The Balaban J connectivity index is 2.15. The number of amides is 1. The van der Waals surface area contributed by atoms with Crippen LogP contribution < -0.4 is 15.8 Å². The van der Waals surface area contributed by atoms with Gasteiger partial charge in [0.05, 0.1) is 11.7 Å². The molecule has 1 amide bonds. The van der Waals surface area contributed by atoms with E-state index in [9.17, 15) is 4.79 Å². The first-order valence-electron chi connectivity index (χ1n) is 6.98. The number of nitrogens with one attached hydrogen (secondary N) is 1. The minimum atomic E-state index is -0.115. The smallest absolute Gasteiger partial charge is 0.255 e. The van der Waals surface area contributed by atoms with Crippen molar-refractivity contribution in [1.29, 1.82) is 0 Å². The lowest BCUT2D eigenvalue weighted by atomic mass is 10.1. The maximum Gasteiger partial charge on any atom is 0.255 e. The summed E-state index contributed by atoms with van der Waals surface area (Å²) in [5.41, 5.74) is 6.29. The van der Waals surface area contributed by atoms with Crippen molar-refractivity contribution in [1.82, 2.24) is 5.32 Å². The molecular formula is C15H21BrN2O2. The first-order chi connectivity index (χ1) is 9.51. The Hall–Kier alpha value is -1.07. The molecule has 0 saturated heterocycles. The standard InChI is InChI=1S/C15H21BrN2O2/c1-9(2)20-14-7-11(16)5-6-12(14)15(19)18-13(8-17)10-3-4-10/h5-7,9-10,13H,3-4,8,17H2,1-2H3,(H,18,19). The molecule has 110 valence electrons. The number of ether oxygens (including phenoxy) is 1. The minimum Gasteiger partial charge on any atom is -0.490 e. The molecule has 0 bridgehead atoms. The molecule has 0 aromatic heterocycles. The molecule has 1 atom stereocenters. The molecule has 1 aliphatic rings. The number of rotatable bonds is 6. The maximum atomic E-state index is 12.4. The van der Waals surface area contributed by atoms with Crippen LogP contribution in [0.25, 0.3) is 0 Å². The molecule has 20 heavy (non-hydrogen) atoms. The Morgan fingerprint density at radius 1 is 1.50 bits per heavy atom. The van der Waals surface area contributed by atoms with Gasteiger partial charge in [-0.15, -0.1) is 0 Å². The summed E-state index contributed by atoms with van der Waals surface area (Å²) >= 11 is 3.40. The Bertz CT molecular complexity index is 487. The first kappa shape index (κ1) is 15.3. The van der Waals surface area contributed by atoms with Crippen LogP contribution in [0.5, 0.6) is 5.75 Å². The predicted molar refractivity (Wildman–Crippen MR) is 82.9 cm³/mol. The topological polar surface area (TPSA) is 64.3 Å². The third kappa shape index (κ3) is 3.96. The predicted octanol–water partition coefficient (Wildman–Crippen LogP) is 2.70. The zero-order chi connectivity index (χ0) is 14.7. The van der Waals surface area contributed by atoms with Crippen molar-refractivity contribution in [3.05, 3.63) is 28.2 Å². The zero-order valence-corrected chi connectivity index (χ0v) is 13.4. The van der Waals surface area contributed by atoms with E-state index in [1.165, 1.54) is 0 Å². The third-order valence-corrected chi connectivity index (χ3v) is 3.81. The van der Waals surface area contributed by atoms with E-state index in [1.807, 2.05) is 26.0 Å². The number of nitrogens with two attached hydrogens (primary N) is 1. The lowest BCUT2D eigenvalue weighted by Crippen LogP contribution is -2.41. The summed E-state index contributed by atoms with van der Waals surface area (Å²) < 4.78 is 6.61. The highest BCUT2D eigenvalue weighted by Gasteiger charge is 2.31. The summed E-state index contributed by atoms with van der Waals surface area (Å²) in [7, 11) is 0. The molecule has 5 heteroatoms. The van der Waals surface area contributed by atoms with Gasteiger partial charge in [0.1, 0.15) is 5.75 Å². The van der Waals surface area contributed by atoms with Gasteiger partial charge in [0, 0.05) is 17.1 Å². The molecule has 0 radical (unpaired) electrons. The van der Waals surface area contributed by atoms with Crippen LogP contribution in [0.1, 0.15) is 37.0 Å². The van der Waals surface area contributed by atoms with Crippen molar-refractivity contribution < 1.29 is 9.53 Å². The Labute approximate surface area is 128 Å². The van der Waals surface area contributed by atoms with E-state index in [0.717, 1.165) is 17.3 Å². The van der Waals surface area contributed by atoms with E-state index >= 15 is 0 Å². The molecule has 2 rings (SSSR count). The van der Waals surface area contributed by atoms with Gasteiger partial charge in [0.15, 0.2) is 0 Å². The largest absolute Gasteiger partial charge is 0.490 e. The maximum absolute atomic E-state index is 12.4. The van der Waals surface area contributed by atoms with Crippen molar-refractivity contribution in [2.45, 2.75) is 38.8 Å². The number of hydrogen-bond donors (Lipinski definition) is 2. The van der Waals surface area contributed by atoms with Crippen LogP contribution in [0.2, 0.25) is 0 Å². The molecule has 1 aromatic carbocycles. The van der Waals surface area contributed by atoms with Crippen LogP contribution in [0.15, 0.2) is 22.7 Å². The van der Waals surface area contributed by atoms with Crippen molar-refractivity contribution in [3.8, 4) is 5.75 Å². The van der Waals surface area contributed by atoms with Crippen LogP contribution >= 0.6 is 15.9 Å². The molecule has 1 aliphatic carbocycles. The first-order valence-corrected chi connectivity index (χ1v) is 7.77. The van der Waals surface area contributed by atoms with Crippen LogP contribution in [-0.4, -0.2) is 24.6 Å². The van der Waals surface area contributed by atoms with Crippen LogP contribution in [0.3, 0.4) is 0 Å². The fraction of sp³-hybridized carbons (Fsp3) is 0.533.